The van der Waals surface area contributed by atoms with Crippen molar-refractivity contribution >= 4 is 40.7 Å². The van der Waals surface area contributed by atoms with E-state index in [2.05, 4.69) is 25.3 Å². The Labute approximate surface area is 186 Å². The van der Waals surface area contributed by atoms with Gasteiger partial charge in [-0.1, -0.05) is 35.3 Å². The lowest BCUT2D eigenvalue weighted by Crippen LogP contribution is -2.21. The number of halogens is 5. The van der Waals surface area contributed by atoms with Gasteiger partial charge in [-0.3, -0.25) is 0 Å². The molecule has 31 heavy (non-hydrogen) atoms. The van der Waals surface area contributed by atoms with E-state index in [1.54, 1.807) is 37.3 Å². The molecule has 0 amide bonds. The highest BCUT2D eigenvalue weighted by Crippen LogP contribution is 2.30. The average molecular weight is 473 g/mol. The molecule has 0 radical (unpaired) electrons. The summed E-state index contributed by atoms with van der Waals surface area (Å²) in [4.78, 5) is 8.69. The number of rotatable bonds is 7. The Bertz CT molecular complexity index is 1070. The zero-order chi connectivity index (χ0) is 22.6. The smallest absolute Gasteiger partial charge is 0.406 e. The largest absolute Gasteiger partial charge is 0.573 e. The molecule has 0 saturated heterocycles. The topological polar surface area (TPSA) is 79.3 Å². The molecule has 1 aromatic heterocycles. The fourth-order valence-electron chi connectivity index (χ4n) is 2.56. The molecule has 0 saturated carbocycles. The number of nitrogens with zero attached hydrogens (tertiary/aromatic N) is 2. The average Bonchev–Trinajstić information content (AvgIpc) is 2.69. The third-order valence-corrected chi connectivity index (χ3v) is 4.67. The minimum absolute atomic E-state index is 0.169. The second-order valence-corrected chi connectivity index (χ2v) is 7.33. The first-order chi connectivity index (χ1) is 14.6. The predicted octanol–water partition coefficient (Wildman–Crippen LogP) is 5.89. The van der Waals surface area contributed by atoms with Crippen LogP contribution in [0.15, 0.2) is 48.5 Å². The van der Waals surface area contributed by atoms with Crippen molar-refractivity contribution in [3.05, 3.63) is 58.6 Å². The summed E-state index contributed by atoms with van der Waals surface area (Å²) in [5.74, 6) is 0.141. The molecule has 3 rings (SSSR count). The summed E-state index contributed by atoms with van der Waals surface area (Å²) in [7, 11) is 0. The number of aromatic nitrogens is 2. The summed E-state index contributed by atoms with van der Waals surface area (Å²) in [6.45, 7) is 1.55. The summed E-state index contributed by atoms with van der Waals surface area (Å²) in [5, 5.41) is 16.0. The Morgan fingerprint density at radius 1 is 1.06 bits per heavy atom. The van der Waals surface area contributed by atoms with E-state index >= 15 is 0 Å². The van der Waals surface area contributed by atoms with Crippen molar-refractivity contribution in [3.8, 4) is 17.0 Å². The van der Waals surface area contributed by atoms with Crippen LogP contribution in [0, 0.1) is 0 Å². The van der Waals surface area contributed by atoms with Crippen LogP contribution in [0.2, 0.25) is 10.0 Å². The highest BCUT2D eigenvalue weighted by molar-refractivity contribution is 6.42. The molecule has 164 valence electrons. The maximum atomic E-state index is 12.6. The Morgan fingerprint density at radius 2 is 1.84 bits per heavy atom. The monoisotopic (exact) mass is 472 g/mol. The van der Waals surface area contributed by atoms with Gasteiger partial charge in [-0.05, 0) is 37.3 Å². The van der Waals surface area contributed by atoms with E-state index in [0.29, 0.717) is 32.8 Å². The summed E-state index contributed by atoms with van der Waals surface area (Å²) < 4.78 is 41.7. The van der Waals surface area contributed by atoms with Crippen LogP contribution in [0.5, 0.6) is 5.75 Å². The maximum absolute atomic E-state index is 12.6. The predicted molar refractivity (Wildman–Crippen MR) is 114 cm³/mol. The Kier molecular flexibility index (Phi) is 7.09. The number of alkyl halides is 3. The lowest BCUT2D eigenvalue weighted by molar-refractivity contribution is -0.274. The van der Waals surface area contributed by atoms with E-state index in [-0.39, 0.29) is 24.3 Å². The van der Waals surface area contributed by atoms with Crippen molar-refractivity contribution in [1.29, 1.82) is 0 Å². The van der Waals surface area contributed by atoms with Gasteiger partial charge in [-0.25, -0.2) is 4.98 Å². The molecule has 0 aliphatic heterocycles. The van der Waals surface area contributed by atoms with Gasteiger partial charge in [0.2, 0.25) is 5.95 Å². The standard InChI is InChI=1S/C20H17Cl2F3N4O2/c1-11(10-30)26-19-28-17(12-3-2-4-14(7-12)31-20(23,24)25)9-18(29-19)27-13-5-6-15(21)16(22)8-13/h2-9,11,30H,10H2,1H3,(H2,26,27,28,29)/t11-/m1/s1. The number of hydrogen-bond donors (Lipinski definition) is 3. The molecular formula is C20H17Cl2F3N4O2. The summed E-state index contributed by atoms with van der Waals surface area (Å²) in [6, 6.07) is 11.5. The van der Waals surface area contributed by atoms with Crippen LogP contribution in [0.1, 0.15) is 6.92 Å². The minimum Gasteiger partial charge on any atom is -0.406 e. The van der Waals surface area contributed by atoms with Crippen LogP contribution in [0.4, 0.5) is 30.6 Å². The van der Waals surface area contributed by atoms with E-state index in [1.165, 1.54) is 18.2 Å². The van der Waals surface area contributed by atoms with Gasteiger partial charge in [0.15, 0.2) is 0 Å². The summed E-state index contributed by atoms with van der Waals surface area (Å²) >= 11 is 12.0. The quantitative estimate of drug-likeness (QED) is 0.398. The molecule has 0 aliphatic rings. The molecular weight excluding hydrogens is 456 g/mol. The number of ether oxygens (including phenoxy) is 1. The molecule has 3 aromatic rings. The Balaban J connectivity index is 1.99. The van der Waals surface area contributed by atoms with Crippen LogP contribution in [0.25, 0.3) is 11.3 Å². The van der Waals surface area contributed by atoms with Gasteiger partial charge in [-0.2, -0.15) is 4.98 Å². The Morgan fingerprint density at radius 3 is 2.52 bits per heavy atom. The van der Waals surface area contributed by atoms with Crippen LogP contribution in [-0.4, -0.2) is 34.1 Å². The van der Waals surface area contributed by atoms with Gasteiger partial charge in [0.05, 0.1) is 22.3 Å². The molecule has 3 N–H and O–H groups in total. The van der Waals surface area contributed by atoms with Crippen LogP contribution in [0.3, 0.4) is 0 Å². The highest BCUT2D eigenvalue weighted by atomic mass is 35.5. The fraction of sp³-hybridized carbons (Fsp3) is 0.200. The van der Waals surface area contributed by atoms with Gasteiger partial charge in [-0.15, -0.1) is 13.2 Å². The summed E-state index contributed by atoms with van der Waals surface area (Å²) in [5.41, 5.74) is 1.30. The zero-order valence-electron chi connectivity index (χ0n) is 16.0. The van der Waals surface area contributed by atoms with Crippen LogP contribution >= 0.6 is 23.2 Å². The van der Waals surface area contributed by atoms with Crippen molar-refractivity contribution in [2.75, 3.05) is 17.2 Å². The fourth-order valence-corrected chi connectivity index (χ4v) is 2.86. The van der Waals surface area contributed by atoms with Gasteiger partial charge in [0.1, 0.15) is 11.6 Å². The highest BCUT2D eigenvalue weighted by Gasteiger charge is 2.31. The third kappa shape index (κ3) is 6.61. The number of hydrogen-bond acceptors (Lipinski definition) is 6. The third-order valence-electron chi connectivity index (χ3n) is 3.93. The van der Waals surface area contributed by atoms with E-state index in [0.717, 1.165) is 0 Å². The number of anilines is 3. The van der Waals surface area contributed by atoms with Gasteiger partial charge in [0, 0.05) is 23.4 Å². The lowest BCUT2D eigenvalue weighted by atomic mass is 10.1. The van der Waals surface area contributed by atoms with E-state index in [4.69, 9.17) is 23.2 Å². The number of aliphatic hydroxyl groups is 1. The molecule has 1 atom stereocenters. The van der Waals surface area contributed by atoms with Gasteiger partial charge >= 0.3 is 6.36 Å². The molecule has 0 spiro atoms. The normalized spacial score (nSPS) is 12.4. The second kappa shape index (κ2) is 9.59. The van der Waals surface area contributed by atoms with Crippen molar-refractivity contribution in [2.24, 2.45) is 0 Å². The van der Waals surface area contributed by atoms with Crippen molar-refractivity contribution < 1.29 is 23.0 Å². The molecule has 0 aliphatic carbocycles. The molecule has 1 heterocycles. The number of aliphatic hydroxyl groups excluding tert-OH is 1. The number of benzene rings is 2. The van der Waals surface area contributed by atoms with Crippen molar-refractivity contribution in [3.63, 3.8) is 0 Å². The van der Waals surface area contributed by atoms with Crippen LogP contribution in [-0.2, 0) is 0 Å². The molecule has 11 heteroatoms. The van der Waals surface area contributed by atoms with Crippen molar-refractivity contribution in [1.82, 2.24) is 9.97 Å². The maximum Gasteiger partial charge on any atom is 0.573 e. The number of nitrogens with one attached hydrogen (secondary N) is 2. The lowest BCUT2D eigenvalue weighted by Gasteiger charge is -2.15. The molecule has 0 fully saturated rings. The minimum atomic E-state index is -4.81. The molecule has 0 bridgehead atoms. The van der Waals surface area contributed by atoms with E-state index < -0.39 is 6.36 Å². The first-order valence-corrected chi connectivity index (χ1v) is 9.73. The first kappa shape index (κ1) is 22.9. The van der Waals surface area contributed by atoms with Crippen LogP contribution < -0.4 is 15.4 Å². The van der Waals surface area contributed by atoms with E-state index in [1.807, 2.05) is 0 Å². The first-order valence-electron chi connectivity index (χ1n) is 8.97. The second-order valence-electron chi connectivity index (χ2n) is 6.52. The van der Waals surface area contributed by atoms with Gasteiger partial charge < -0.3 is 20.5 Å². The zero-order valence-corrected chi connectivity index (χ0v) is 17.6. The van der Waals surface area contributed by atoms with Crippen molar-refractivity contribution in [2.45, 2.75) is 19.3 Å². The molecule has 0 unspecified atom stereocenters. The summed E-state index contributed by atoms with van der Waals surface area (Å²) in [6.07, 6.45) is -4.81. The van der Waals surface area contributed by atoms with E-state index in [9.17, 15) is 18.3 Å². The SMILES string of the molecule is C[C@H](CO)Nc1nc(Nc2ccc(Cl)c(Cl)c2)cc(-c2cccc(OC(F)(F)F)c2)n1. The molecule has 6 nitrogen and oxygen atoms in total. The van der Waals surface area contributed by atoms with Gasteiger partial charge in [0.25, 0.3) is 0 Å². The Hall–Kier alpha value is -2.75. The molecule has 2 aromatic carbocycles.